The highest BCUT2D eigenvalue weighted by Crippen LogP contribution is 2.35. The molecule has 2 heterocycles. The third-order valence-electron chi connectivity index (χ3n) is 3.78. The molecule has 0 bridgehead atoms. The molecule has 33 heavy (non-hydrogen) atoms. The Hall–Kier alpha value is -3.20. The minimum Gasteiger partial charge on any atom is -0.294 e. The van der Waals surface area contributed by atoms with E-state index in [0.717, 1.165) is 0 Å². The highest BCUT2D eigenvalue weighted by Gasteiger charge is 2.41. The standard InChI is InChI=1S/C17H6F12N2O2/c18-14(19,20)10-1-6(2-11(30-10)15(21,22)23)8(32)5-9(33)7-3-12(16(24,25)26)31-13(4-7)17(27,28)29/h1-4H,5H2. The second-order valence-electron chi connectivity index (χ2n) is 6.27. The number of aromatic nitrogens is 2. The van der Waals surface area contributed by atoms with Gasteiger partial charge in [-0.05, 0) is 24.3 Å². The lowest BCUT2D eigenvalue weighted by Crippen LogP contribution is -2.19. The number of halogens is 12. The summed E-state index contributed by atoms with van der Waals surface area (Å²) in [5.74, 6) is -3.48. The maximum absolute atomic E-state index is 12.8. The maximum atomic E-state index is 12.8. The number of nitrogens with zero attached hydrogens (tertiary/aromatic N) is 2. The Morgan fingerprint density at radius 1 is 0.515 bits per heavy atom. The highest BCUT2D eigenvalue weighted by atomic mass is 19.4. The van der Waals surface area contributed by atoms with Gasteiger partial charge in [-0.3, -0.25) is 9.59 Å². The van der Waals surface area contributed by atoms with Gasteiger partial charge in [0.2, 0.25) is 0 Å². The predicted octanol–water partition coefficient (Wildman–Crippen LogP) is 6.01. The SMILES string of the molecule is O=C(CC(=O)c1cc(C(F)(F)F)nc(C(F)(F)F)c1)c1cc(C(F)(F)F)nc(C(F)(F)F)c1. The second-order valence-corrected chi connectivity index (χ2v) is 6.27. The molecule has 0 aliphatic carbocycles. The van der Waals surface area contributed by atoms with E-state index in [0.29, 0.717) is 0 Å². The van der Waals surface area contributed by atoms with Gasteiger partial charge in [0.15, 0.2) is 11.6 Å². The van der Waals surface area contributed by atoms with Crippen LogP contribution in [0.5, 0.6) is 0 Å². The largest absolute Gasteiger partial charge is 0.433 e. The molecule has 0 saturated carbocycles. The molecule has 16 heteroatoms. The number of pyridine rings is 2. The molecule has 0 unspecified atom stereocenters. The third-order valence-corrected chi connectivity index (χ3v) is 3.78. The smallest absolute Gasteiger partial charge is 0.294 e. The molecular formula is C17H6F12N2O2. The summed E-state index contributed by atoms with van der Waals surface area (Å²) in [4.78, 5) is 28.9. The van der Waals surface area contributed by atoms with Crippen molar-refractivity contribution in [2.75, 3.05) is 0 Å². The van der Waals surface area contributed by atoms with Crippen LogP contribution in [-0.4, -0.2) is 21.5 Å². The van der Waals surface area contributed by atoms with E-state index in [1.807, 2.05) is 0 Å². The van der Waals surface area contributed by atoms with E-state index in [1.165, 1.54) is 0 Å². The molecule has 4 nitrogen and oxygen atoms in total. The Morgan fingerprint density at radius 3 is 0.909 bits per heavy atom. The summed E-state index contributed by atoms with van der Waals surface area (Å²) >= 11 is 0. The first-order valence-electron chi connectivity index (χ1n) is 8.09. The molecular weight excluding hydrogens is 492 g/mol. The van der Waals surface area contributed by atoms with Gasteiger partial charge in [-0.2, -0.15) is 52.7 Å². The highest BCUT2D eigenvalue weighted by molar-refractivity contribution is 6.13. The van der Waals surface area contributed by atoms with Crippen LogP contribution in [0.2, 0.25) is 0 Å². The van der Waals surface area contributed by atoms with Crippen LogP contribution in [0.4, 0.5) is 52.7 Å². The minimum absolute atomic E-state index is 0.139. The number of rotatable bonds is 4. The van der Waals surface area contributed by atoms with E-state index in [1.54, 1.807) is 0 Å². The van der Waals surface area contributed by atoms with Crippen molar-refractivity contribution in [2.24, 2.45) is 0 Å². The van der Waals surface area contributed by atoms with Crippen molar-refractivity contribution in [3.05, 3.63) is 58.2 Å². The summed E-state index contributed by atoms with van der Waals surface area (Å²) in [5.41, 5.74) is -11.3. The van der Waals surface area contributed by atoms with E-state index in [-0.39, 0.29) is 24.3 Å². The van der Waals surface area contributed by atoms with Crippen LogP contribution in [-0.2, 0) is 24.7 Å². The van der Waals surface area contributed by atoms with Gasteiger partial charge in [0, 0.05) is 11.1 Å². The van der Waals surface area contributed by atoms with Crippen LogP contribution >= 0.6 is 0 Å². The fraction of sp³-hybridized carbons (Fsp3) is 0.294. The Balaban J connectivity index is 2.49. The fourth-order valence-corrected chi connectivity index (χ4v) is 2.31. The summed E-state index contributed by atoms with van der Waals surface area (Å²) in [5, 5.41) is 0. The lowest BCUT2D eigenvalue weighted by atomic mass is 10.00. The van der Waals surface area contributed by atoms with E-state index >= 15 is 0 Å². The number of hydrogen-bond acceptors (Lipinski definition) is 4. The number of carbonyl (C=O) groups excluding carboxylic acids is 2. The first-order valence-corrected chi connectivity index (χ1v) is 8.09. The fourth-order valence-electron chi connectivity index (χ4n) is 2.31. The van der Waals surface area contributed by atoms with Crippen molar-refractivity contribution in [3.63, 3.8) is 0 Å². The van der Waals surface area contributed by atoms with Crippen LogP contribution in [0, 0.1) is 0 Å². The molecule has 180 valence electrons. The molecule has 0 N–H and O–H groups in total. The van der Waals surface area contributed by atoms with Crippen LogP contribution < -0.4 is 0 Å². The molecule has 0 amide bonds. The molecule has 0 aliphatic rings. The van der Waals surface area contributed by atoms with Gasteiger partial charge in [0.25, 0.3) is 0 Å². The van der Waals surface area contributed by atoms with Crippen LogP contribution in [0.15, 0.2) is 24.3 Å². The Kier molecular flexibility index (Phi) is 6.55. The van der Waals surface area contributed by atoms with E-state index in [2.05, 4.69) is 9.97 Å². The zero-order chi connectivity index (χ0) is 25.6. The first kappa shape index (κ1) is 26.1. The third kappa shape index (κ3) is 6.41. The molecule has 0 atom stereocenters. The lowest BCUT2D eigenvalue weighted by Gasteiger charge is -2.13. The average molecular weight is 498 g/mol. The van der Waals surface area contributed by atoms with Crippen molar-refractivity contribution < 1.29 is 62.3 Å². The molecule has 0 saturated heterocycles. The van der Waals surface area contributed by atoms with Gasteiger partial charge in [-0.25, -0.2) is 9.97 Å². The Labute approximate surface area is 174 Å². The predicted molar refractivity (Wildman–Crippen MR) is 81.8 cm³/mol. The average Bonchev–Trinajstić information content (AvgIpc) is 2.64. The van der Waals surface area contributed by atoms with Crippen LogP contribution in [0.3, 0.4) is 0 Å². The molecule has 2 rings (SSSR count). The molecule has 0 spiro atoms. The number of Topliss-reactive ketones (excluding diaryl/α,β-unsaturated/α-hetero) is 2. The molecule has 0 radical (unpaired) electrons. The van der Waals surface area contributed by atoms with Gasteiger partial charge in [0.05, 0.1) is 6.42 Å². The van der Waals surface area contributed by atoms with Gasteiger partial charge in [0.1, 0.15) is 22.8 Å². The van der Waals surface area contributed by atoms with Gasteiger partial charge in [-0.1, -0.05) is 0 Å². The summed E-state index contributed by atoms with van der Waals surface area (Å²) in [6.45, 7) is 0. The topological polar surface area (TPSA) is 59.9 Å². The Bertz CT molecular complexity index is 931. The van der Waals surface area contributed by atoms with Gasteiger partial charge < -0.3 is 0 Å². The summed E-state index contributed by atoms with van der Waals surface area (Å²) < 4.78 is 154. The van der Waals surface area contributed by atoms with Crippen molar-refractivity contribution in [1.29, 1.82) is 0 Å². The number of ketones is 2. The summed E-state index contributed by atoms with van der Waals surface area (Å²) in [6.07, 6.45) is -23.4. The first-order chi connectivity index (χ1) is 14.7. The maximum Gasteiger partial charge on any atom is 0.433 e. The quantitative estimate of drug-likeness (QED) is 0.295. The molecule has 0 aromatic carbocycles. The number of alkyl halides is 12. The van der Waals surface area contributed by atoms with Crippen LogP contribution in [0.1, 0.15) is 49.9 Å². The lowest BCUT2D eigenvalue weighted by molar-refractivity contribution is -0.151. The zero-order valence-electron chi connectivity index (χ0n) is 15.3. The van der Waals surface area contributed by atoms with Crippen molar-refractivity contribution in [3.8, 4) is 0 Å². The monoisotopic (exact) mass is 498 g/mol. The number of hydrogen-bond donors (Lipinski definition) is 0. The van der Waals surface area contributed by atoms with E-state index < -0.39 is 76.6 Å². The second kappa shape index (κ2) is 8.30. The molecule has 0 aliphatic heterocycles. The van der Waals surface area contributed by atoms with Crippen molar-refractivity contribution >= 4 is 11.6 Å². The van der Waals surface area contributed by atoms with E-state index in [9.17, 15) is 62.3 Å². The van der Waals surface area contributed by atoms with Gasteiger partial charge >= 0.3 is 24.7 Å². The van der Waals surface area contributed by atoms with Crippen molar-refractivity contribution in [1.82, 2.24) is 9.97 Å². The van der Waals surface area contributed by atoms with Crippen LogP contribution in [0.25, 0.3) is 0 Å². The molecule has 0 fully saturated rings. The van der Waals surface area contributed by atoms with Crippen molar-refractivity contribution in [2.45, 2.75) is 31.1 Å². The summed E-state index contributed by atoms with van der Waals surface area (Å²) in [6, 6.07) is -0.557. The number of carbonyl (C=O) groups is 2. The zero-order valence-corrected chi connectivity index (χ0v) is 15.3. The molecule has 2 aromatic rings. The van der Waals surface area contributed by atoms with E-state index in [4.69, 9.17) is 0 Å². The summed E-state index contributed by atoms with van der Waals surface area (Å²) in [7, 11) is 0. The molecule has 2 aromatic heterocycles. The van der Waals surface area contributed by atoms with Gasteiger partial charge in [-0.15, -0.1) is 0 Å². The minimum atomic E-state index is -5.45. The normalized spacial score (nSPS) is 13.2. The Morgan fingerprint density at radius 2 is 0.727 bits per heavy atom.